The summed E-state index contributed by atoms with van der Waals surface area (Å²) in [6, 6.07) is 13.8. The predicted octanol–water partition coefficient (Wildman–Crippen LogP) is 3.59. The third-order valence-electron chi connectivity index (χ3n) is 4.78. The maximum absolute atomic E-state index is 11.5. The van der Waals surface area contributed by atoms with E-state index in [1.54, 1.807) is 0 Å². The molecule has 0 bridgehead atoms. The summed E-state index contributed by atoms with van der Waals surface area (Å²) in [5.41, 5.74) is 9.27. The number of benzene rings is 2. The van der Waals surface area contributed by atoms with E-state index >= 15 is 0 Å². The lowest BCUT2D eigenvalue weighted by Gasteiger charge is -2.33. The molecule has 1 fully saturated rings. The smallest absolute Gasteiger partial charge is 0.222 e. The molecule has 2 aromatic carbocycles. The second-order valence-corrected chi connectivity index (χ2v) is 6.86. The summed E-state index contributed by atoms with van der Waals surface area (Å²) in [7, 11) is 0. The van der Waals surface area contributed by atoms with Crippen LogP contribution in [0.5, 0.6) is 0 Å². The number of aromatic nitrogens is 2. The van der Waals surface area contributed by atoms with E-state index in [1.165, 1.54) is 0 Å². The zero-order valence-corrected chi connectivity index (χ0v) is 14.5. The summed E-state index contributed by atoms with van der Waals surface area (Å²) in [5, 5.41) is 0.645. The third kappa shape index (κ3) is 3.07. The Morgan fingerprint density at radius 2 is 2.12 bits per heavy atom. The summed E-state index contributed by atoms with van der Waals surface area (Å²) >= 11 is 6.42. The fourth-order valence-electron chi connectivity index (χ4n) is 3.42. The molecule has 4 rings (SSSR count). The number of imidazole rings is 1. The fraction of sp³-hybridized carbons (Fsp3) is 0.263. The van der Waals surface area contributed by atoms with Crippen LogP contribution < -0.4 is 10.6 Å². The number of piperidine rings is 1. The van der Waals surface area contributed by atoms with Crippen molar-refractivity contribution in [3.63, 3.8) is 0 Å². The molecule has 0 unspecified atom stereocenters. The molecule has 0 spiro atoms. The van der Waals surface area contributed by atoms with Crippen molar-refractivity contribution in [1.82, 2.24) is 9.97 Å². The number of rotatable bonds is 3. The molecular weight excluding hydrogens is 336 g/mol. The molecule has 1 aromatic heterocycles. The van der Waals surface area contributed by atoms with Gasteiger partial charge in [0.1, 0.15) is 5.82 Å². The molecule has 3 N–H and O–H groups in total. The molecule has 6 heteroatoms. The Morgan fingerprint density at radius 3 is 2.92 bits per heavy atom. The number of anilines is 1. The largest absolute Gasteiger partial charge is 0.371 e. The number of hydrogen-bond acceptors (Lipinski definition) is 3. The second kappa shape index (κ2) is 6.41. The molecule has 1 atom stereocenters. The zero-order valence-electron chi connectivity index (χ0n) is 13.7. The van der Waals surface area contributed by atoms with E-state index in [9.17, 15) is 4.79 Å². The number of nitrogens with zero attached hydrogens (tertiary/aromatic N) is 2. The lowest BCUT2D eigenvalue weighted by Crippen LogP contribution is -2.41. The summed E-state index contributed by atoms with van der Waals surface area (Å²) < 4.78 is 0. The third-order valence-corrected chi connectivity index (χ3v) is 5.11. The Kier molecular flexibility index (Phi) is 4.09. The number of halogens is 1. The van der Waals surface area contributed by atoms with Gasteiger partial charge in [0.15, 0.2) is 0 Å². The monoisotopic (exact) mass is 354 g/mol. The number of carbonyl (C=O) groups is 1. The Labute approximate surface area is 150 Å². The molecule has 25 heavy (non-hydrogen) atoms. The van der Waals surface area contributed by atoms with Crippen molar-refractivity contribution >= 4 is 34.2 Å². The summed E-state index contributed by atoms with van der Waals surface area (Å²) in [6.07, 6.45) is 1.81. The topological polar surface area (TPSA) is 75.0 Å². The summed E-state index contributed by atoms with van der Waals surface area (Å²) in [6.45, 7) is 1.56. The van der Waals surface area contributed by atoms with Crippen LogP contribution in [0.25, 0.3) is 22.4 Å². The number of para-hydroxylation sites is 2. The number of nitrogens with two attached hydrogens (primary N) is 1. The maximum Gasteiger partial charge on any atom is 0.222 e. The van der Waals surface area contributed by atoms with Gasteiger partial charge < -0.3 is 15.6 Å². The average molecular weight is 355 g/mol. The second-order valence-electron chi connectivity index (χ2n) is 6.45. The first-order chi connectivity index (χ1) is 12.1. The molecule has 5 nitrogen and oxygen atoms in total. The zero-order chi connectivity index (χ0) is 17.4. The van der Waals surface area contributed by atoms with Crippen LogP contribution in [0.2, 0.25) is 5.02 Å². The molecule has 1 amide bonds. The molecule has 128 valence electrons. The number of amides is 1. The molecule has 0 aliphatic carbocycles. The van der Waals surface area contributed by atoms with Gasteiger partial charge in [0.2, 0.25) is 5.91 Å². The Bertz CT molecular complexity index is 903. The lowest BCUT2D eigenvalue weighted by atomic mass is 9.97. The van der Waals surface area contributed by atoms with Crippen molar-refractivity contribution in [3.8, 4) is 11.4 Å². The minimum absolute atomic E-state index is 0.0981. The van der Waals surface area contributed by atoms with E-state index in [2.05, 4.69) is 14.9 Å². The van der Waals surface area contributed by atoms with Crippen LogP contribution in [0.15, 0.2) is 42.5 Å². The van der Waals surface area contributed by atoms with E-state index in [-0.39, 0.29) is 11.8 Å². The summed E-state index contributed by atoms with van der Waals surface area (Å²) in [4.78, 5) is 21.7. The van der Waals surface area contributed by atoms with Gasteiger partial charge in [-0.1, -0.05) is 23.7 Å². The fourth-order valence-corrected chi connectivity index (χ4v) is 3.62. The number of carbonyl (C=O) groups excluding carboxylic acids is 1. The highest BCUT2D eigenvalue weighted by atomic mass is 35.5. The van der Waals surface area contributed by atoms with Gasteiger partial charge in [-0.3, -0.25) is 4.79 Å². The Hall–Kier alpha value is -2.53. The number of H-pyrrole nitrogens is 1. The molecular formula is C19H19ClN4O. The van der Waals surface area contributed by atoms with Crippen LogP contribution in [0.3, 0.4) is 0 Å². The lowest BCUT2D eigenvalue weighted by molar-refractivity contribution is -0.122. The number of fused-ring (bicyclic) bond motifs is 1. The van der Waals surface area contributed by atoms with E-state index in [0.29, 0.717) is 11.6 Å². The molecule has 3 aromatic rings. The standard InChI is InChI=1S/C19H19ClN4O/c20-15-8-7-13(24-9-3-4-12(11-24)18(21)25)10-14(15)19-22-16-5-1-2-6-17(16)23-19/h1-2,5-8,10,12H,3-4,9,11H2,(H2,21,25)(H,22,23)/t12-/m1/s1. The summed E-state index contributed by atoms with van der Waals surface area (Å²) in [5.74, 6) is 0.423. The molecule has 1 aliphatic heterocycles. The van der Waals surface area contributed by atoms with Crippen LogP contribution in [0.4, 0.5) is 5.69 Å². The minimum atomic E-state index is -0.226. The van der Waals surface area contributed by atoms with E-state index in [1.807, 2.05) is 42.5 Å². The molecule has 0 saturated carbocycles. The van der Waals surface area contributed by atoms with Crippen molar-refractivity contribution in [3.05, 3.63) is 47.5 Å². The van der Waals surface area contributed by atoms with Gasteiger partial charge in [-0.05, 0) is 43.2 Å². The molecule has 0 radical (unpaired) electrons. The maximum atomic E-state index is 11.5. The van der Waals surface area contributed by atoms with Gasteiger partial charge >= 0.3 is 0 Å². The highest BCUT2D eigenvalue weighted by molar-refractivity contribution is 6.33. The highest BCUT2D eigenvalue weighted by Crippen LogP contribution is 2.33. The van der Waals surface area contributed by atoms with Gasteiger partial charge in [-0.2, -0.15) is 0 Å². The van der Waals surface area contributed by atoms with Crippen molar-refractivity contribution < 1.29 is 4.79 Å². The molecule has 1 aliphatic rings. The van der Waals surface area contributed by atoms with Gasteiger partial charge in [0.25, 0.3) is 0 Å². The normalized spacial score (nSPS) is 17.8. The molecule has 1 saturated heterocycles. The average Bonchev–Trinajstić information content (AvgIpc) is 3.06. The van der Waals surface area contributed by atoms with Crippen LogP contribution in [0, 0.1) is 5.92 Å². The van der Waals surface area contributed by atoms with Gasteiger partial charge in [0, 0.05) is 24.3 Å². The van der Waals surface area contributed by atoms with Gasteiger partial charge in [-0.15, -0.1) is 0 Å². The Balaban J connectivity index is 1.70. The quantitative estimate of drug-likeness (QED) is 0.754. The first kappa shape index (κ1) is 16.0. The van der Waals surface area contributed by atoms with Crippen LogP contribution in [-0.2, 0) is 4.79 Å². The molecule has 2 heterocycles. The number of nitrogens with one attached hydrogen (secondary N) is 1. The SMILES string of the molecule is NC(=O)[C@@H]1CCCN(c2ccc(Cl)c(-c3nc4ccccc4[nH]3)c2)C1. The van der Waals surface area contributed by atoms with Crippen LogP contribution in [0.1, 0.15) is 12.8 Å². The predicted molar refractivity (Wildman–Crippen MR) is 101 cm³/mol. The highest BCUT2D eigenvalue weighted by Gasteiger charge is 2.24. The minimum Gasteiger partial charge on any atom is -0.371 e. The van der Waals surface area contributed by atoms with Gasteiger partial charge in [0.05, 0.1) is 22.0 Å². The van der Waals surface area contributed by atoms with E-state index in [0.717, 1.165) is 47.5 Å². The Morgan fingerprint density at radius 1 is 1.28 bits per heavy atom. The number of primary amides is 1. The van der Waals surface area contributed by atoms with Crippen molar-refractivity contribution in [1.29, 1.82) is 0 Å². The van der Waals surface area contributed by atoms with Crippen LogP contribution in [-0.4, -0.2) is 29.0 Å². The van der Waals surface area contributed by atoms with E-state index in [4.69, 9.17) is 17.3 Å². The number of hydrogen-bond donors (Lipinski definition) is 2. The number of aromatic amines is 1. The van der Waals surface area contributed by atoms with Gasteiger partial charge in [-0.25, -0.2) is 4.98 Å². The van der Waals surface area contributed by atoms with Crippen molar-refractivity contribution in [2.24, 2.45) is 11.7 Å². The first-order valence-corrected chi connectivity index (χ1v) is 8.78. The first-order valence-electron chi connectivity index (χ1n) is 8.41. The van der Waals surface area contributed by atoms with Crippen molar-refractivity contribution in [2.75, 3.05) is 18.0 Å². The van der Waals surface area contributed by atoms with Crippen molar-refractivity contribution in [2.45, 2.75) is 12.8 Å². The van der Waals surface area contributed by atoms with Crippen LogP contribution >= 0.6 is 11.6 Å². The van der Waals surface area contributed by atoms with E-state index < -0.39 is 0 Å².